The van der Waals surface area contributed by atoms with Gasteiger partial charge in [-0.3, -0.25) is 4.79 Å². The lowest BCUT2D eigenvalue weighted by atomic mass is 9.96. The lowest BCUT2D eigenvalue weighted by Crippen LogP contribution is -2.60. The summed E-state index contributed by atoms with van der Waals surface area (Å²) in [6.45, 7) is 7.68. The maximum Gasteiger partial charge on any atom is 0.291 e. The SMILES string of the molecule is CN(C(=O)c1ncccn1)C1CN(c2ccc3nnc(C(C)(C)C)n3n2)C1. The van der Waals surface area contributed by atoms with Crippen LogP contribution < -0.4 is 4.90 Å². The van der Waals surface area contributed by atoms with Crippen LogP contribution in [0.1, 0.15) is 37.2 Å². The highest BCUT2D eigenvalue weighted by molar-refractivity contribution is 5.90. The van der Waals surface area contributed by atoms with Crippen molar-refractivity contribution in [2.45, 2.75) is 32.2 Å². The third kappa shape index (κ3) is 3.09. The average molecular weight is 366 g/mol. The molecule has 27 heavy (non-hydrogen) atoms. The molecule has 4 rings (SSSR count). The second-order valence-corrected chi connectivity index (χ2v) is 7.78. The highest BCUT2D eigenvalue weighted by Gasteiger charge is 2.34. The van der Waals surface area contributed by atoms with Crippen molar-refractivity contribution >= 4 is 17.4 Å². The van der Waals surface area contributed by atoms with Crippen LogP contribution in [-0.4, -0.2) is 66.8 Å². The quantitative estimate of drug-likeness (QED) is 0.687. The number of hydrogen-bond donors (Lipinski definition) is 0. The first-order valence-corrected chi connectivity index (χ1v) is 8.86. The molecule has 1 amide bonds. The summed E-state index contributed by atoms with van der Waals surface area (Å²) < 4.78 is 1.80. The van der Waals surface area contributed by atoms with Crippen molar-refractivity contribution in [3.8, 4) is 0 Å². The molecule has 0 N–H and O–H groups in total. The number of hydrogen-bond acceptors (Lipinski definition) is 7. The van der Waals surface area contributed by atoms with Crippen LogP contribution in [0.15, 0.2) is 30.6 Å². The first kappa shape index (κ1) is 17.3. The van der Waals surface area contributed by atoms with Gasteiger partial charge in [0.15, 0.2) is 11.5 Å². The van der Waals surface area contributed by atoms with Gasteiger partial charge in [0, 0.05) is 37.9 Å². The largest absolute Gasteiger partial charge is 0.351 e. The molecule has 1 saturated heterocycles. The van der Waals surface area contributed by atoms with E-state index in [2.05, 4.69) is 45.8 Å². The molecular formula is C18H22N8O. The van der Waals surface area contributed by atoms with Crippen molar-refractivity contribution in [1.82, 2.24) is 34.7 Å². The van der Waals surface area contributed by atoms with Crippen LogP contribution in [0.5, 0.6) is 0 Å². The van der Waals surface area contributed by atoms with E-state index in [0.717, 1.165) is 17.3 Å². The first-order valence-electron chi connectivity index (χ1n) is 8.86. The van der Waals surface area contributed by atoms with E-state index in [1.165, 1.54) is 0 Å². The molecule has 1 fully saturated rings. The normalized spacial score (nSPS) is 15.0. The van der Waals surface area contributed by atoms with Gasteiger partial charge in [-0.2, -0.15) is 4.52 Å². The number of carbonyl (C=O) groups excluding carboxylic acids is 1. The van der Waals surface area contributed by atoms with Crippen molar-refractivity contribution in [2.75, 3.05) is 25.0 Å². The summed E-state index contributed by atoms with van der Waals surface area (Å²) in [5, 5.41) is 13.2. The maximum absolute atomic E-state index is 12.5. The van der Waals surface area contributed by atoms with Crippen LogP contribution in [0.4, 0.5) is 5.82 Å². The summed E-state index contributed by atoms with van der Waals surface area (Å²) in [7, 11) is 1.79. The number of likely N-dealkylation sites (N-methyl/N-ethyl adjacent to an activating group) is 1. The van der Waals surface area contributed by atoms with Gasteiger partial charge in [0.05, 0.1) is 6.04 Å². The van der Waals surface area contributed by atoms with Gasteiger partial charge < -0.3 is 9.80 Å². The minimum absolute atomic E-state index is 0.0989. The Morgan fingerprint density at radius 1 is 1.15 bits per heavy atom. The molecule has 1 aliphatic rings. The summed E-state index contributed by atoms with van der Waals surface area (Å²) >= 11 is 0. The summed E-state index contributed by atoms with van der Waals surface area (Å²) in [5.41, 5.74) is 0.583. The molecule has 0 unspecified atom stereocenters. The van der Waals surface area contributed by atoms with Crippen LogP contribution in [0.25, 0.3) is 5.65 Å². The highest BCUT2D eigenvalue weighted by Crippen LogP contribution is 2.25. The highest BCUT2D eigenvalue weighted by atomic mass is 16.2. The summed E-state index contributed by atoms with van der Waals surface area (Å²) in [6.07, 6.45) is 3.15. The Labute approximate surface area is 157 Å². The first-order chi connectivity index (χ1) is 12.8. The minimum Gasteiger partial charge on any atom is -0.351 e. The third-order valence-electron chi connectivity index (χ3n) is 4.73. The Morgan fingerprint density at radius 3 is 2.52 bits per heavy atom. The molecule has 0 aromatic carbocycles. The number of carbonyl (C=O) groups is 1. The summed E-state index contributed by atoms with van der Waals surface area (Å²) in [6, 6.07) is 5.65. The maximum atomic E-state index is 12.5. The van der Waals surface area contributed by atoms with Gasteiger partial charge in [-0.05, 0) is 18.2 Å². The van der Waals surface area contributed by atoms with E-state index in [4.69, 9.17) is 5.10 Å². The predicted molar refractivity (Wildman–Crippen MR) is 99.6 cm³/mol. The van der Waals surface area contributed by atoms with Gasteiger partial charge in [-0.15, -0.1) is 15.3 Å². The van der Waals surface area contributed by atoms with E-state index in [1.54, 1.807) is 34.9 Å². The molecule has 3 aromatic heterocycles. The Bertz CT molecular complexity index is 972. The molecule has 1 aliphatic heterocycles. The van der Waals surface area contributed by atoms with Gasteiger partial charge in [0.1, 0.15) is 5.82 Å². The molecule has 9 nitrogen and oxygen atoms in total. The zero-order valence-electron chi connectivity index (χ0n) is 15.9. The van der Waals surface area contributed by atoms with Gasteiger partial charge in [0.2, 0.25) is 5.82 Å². The molecule has 0 spiro atoms. The minimum atomic E-state index is -0.169. The molecular weight excluding hydrogens is 344 g/mol. The van der Waals surface area contributed by atoms with Crippen LogP contribution >= 0.6 is 0 Å². The lowest BCUT2D eigenvalue weighted by Gasteiger charge is -2.44. The summed E-state index contributed by atoms with van der Waals surface area (Å²) in [4.78, 5) is 24.4. The predicted octanol–water partition coefficient (Wildman–Crippen LogP) is 1.17. The van der Waals surface area contributed by atoms with Gasteiger partial charge in [0.25, 0.3) is 5.91 Å². The number of aromatic nitrogens is 6. The van der Waals surface area contributed by atoms with Crippen molar-refractivity contribution < 1.29 is 4.79 Å². The topological polar surface area (TPSA) is 92.4 Å². The van der Waals surface area contributed by atoms with Gasteiger partial charge in [-0.1, -0.05) is 20.8 Å². The smallest absolute Gasteiger partial charge is 0.291 e. The standard InChI is InChI=1S/C18H22N8O/c1-18(2,3)17-22-21-13-6-7-14(23-26(13)17)25-10-12(11-25)24(4)16(27)15-19-8-5-9-20-15/h5-9,12H,10-11H2,1-4H3. The molecule has 0 aliphatic carbocycles. The number of anilines is 1. The van der Waals surface area contributed by atoms with E-state index >= 15 is 0 Å². The zero-order valence-corrected chi connectivity index (χ0v) is 15.9. The molecule has 0 bridgehead atoms. The van der Waals surface area contributed by atoms with E-state index in [9.17, 15) is 4.79 Å². The van der Waals surface area contributed by atoms with Gasteiger partial charge >= 0.3 is 0 Å². The number of nitrogens with zero attached hydrogens (tertiary/aromatic N) is 8. The van der Waals surface area contributed by atoms with Crippen molar-refractivity contribution in [2.24, 2.45) is 0 Å². The number of fused-ring (bicyclic) bond motifs is 1. The Morgan fingerprint density at radius 2 is 1.85 bits per heavy atom. The second-order valence-electron chi connectivity index (χ2n) is 7.78. The Hall–Kier alpha value is -3.10. The fourth-order valence-electron chi connectivity index (χ4n) is 3.04. The molecule has 140 valence electrons. The zero-order chi connectivity index (χ0) is 19.2. The Kier molecular flexibility index (Phi) is 4.01. The second kappa shape index (κ2) is 6.26. The number of amides is 1. The van der Waals surface area contributed by atoms with Crippen LogP contribution in [0, 0.1) is 0 Å². The van der Waals surface area contributed by atoms with Gasteiger partial charge in [-0.25, -0.2) is 9.97 Å². The Balaban J connectivity index is 1.48. The molecule has 3 aromatic rings. The molecule has 4 heterocycles. The van der Waals surface area contributed by atoms with Crippen molar-refractivity contribution in [3.63, 3.8) is 0 Å². The molecule has 9 heteroatoms. The molecule has 0 radical (unpaired) electrons. The van der Waals surface area contributed by atoms with E-state index in [0.29, 0.717) is 13.1 Å². The summed E-state index contributed by atoms with van der Waals surface area (Å²) in [5.74, 6) is 1.72. The molecule has 0 atom stereocenters. The van der Waals surface area contributed by atoms with Crippen molar-refractivity contribution in [3.05, 3.63) is 42.2 Å². The van der Waals surface area contributed by atoms with E-state index in [-0.39, 0.29) is 23.2 Å². The van der Waals surface area contributed by atoms with E-state index < -0.39 is 0 Å². The third-order valence-corrected chi connectivity index (χ3v) is 4.73. The molecule has 0 saturated carbocycles. The average Bonchev–Trinajstić information content (AvgIpc) is 3.04. The lowest BCUT2D eigenvalue weighted by molar-refractivity contribution is 0.0692. The fourth-order valence-corrected chi connectivity index (χ4v) is 3.04. The van der Waals surface area contributed by atoms with Crippen LogP contribution in [0.2, 0.25) is 0 Å². The monoisotopic (exact) mass is 366 g/mol. The van der Waals surface area contributed by atoms with Crippen LogP contribution in [0.3, 0.4) is 0 Å². The van der Waals surface area contributed by atoms with Crippen LogP contribution in [-0.2, 0) is 5.41 Å². The van der Waals surface area contributed by atoms with E-state index in [1.807, 2.05) is 12.1 Å². The fraction of sp³-hybridized carbons (Fsp3) is 0.444. The van der Waals surface area contributed by atoms with Crippen molar-refractivity contribution in [1.29, 1.82) is 0 Å². The number of rotatable bonds is 3.